The zero-order valence-electron chi connectivity index (χ0n) is 28.0. The molecule has 2 amide bonds. The van der Waals surface area contributed by atoms with Crippen LogP contribution in [-0.4, -0.2) is 53.3 Å². The molecule has 0 saturated heterocycles. The number of methoxy groups -OCH3 is 1. The number of allylic oxidation sites excluding steroid dienone is 1. The van der Waals surface area contributed by atoms with Crippen LogP contribution in [0.2, 0.25) is 10.2 Å². The van der Waals surface area contributed by atoms with Gasteiger partial charge < -0.3 is 23.9 Å². The average Bonchev–Trinajstić information content (AvgIpc) is 3.40. The van der Waals surface area contributed by atoms with Crippen LogP contribution in [0.1, 0.15) is 70.9 Å². The molecule has 2 aliphatic heterocycles. The number of anilines is 1. The number of nitrogens with one attached hydrogen (secondary N) is 2. The monoisotopic (exact) mass is 727 g/mol. The smallest absolute Gasteiger partial charge is 0.398 e. The second-order valence-electron chi connectivity index (χ2n) is 13.3. The van der Waals surface area contributed by atoms with E-state index in [1.54, 1.807) is 20.2 Å². The number of hydrogen-bond donors (Lipinski definition) is 2. The van der Waals surface area contributed by atoms with E-state index in [1.165, 1.54) is 22.0 Å². The summed E-state index contributed by atoms with van der Waals surface area (Å²) in [7, 11) is 1.40. The Hall–Kier alpha value is -3.38. The Bertz CT molecular complexity index is 1820. The van der Waals surface area contributed by atoms with Gasteiger partial charge >= 0.3 is 5.91 Å². The minimum Gasteiger partial charge on any atom is -0.491 e. The highest BCUT2D eigenvalue weighted by molar-refractivity contribution is 7.72. The summed E-state index contributed by atoms with van der Waals surface area (Å²) >= 11 is 12.7. The molecular formula is C36H43Cl2N5O5S. The van der Waals surface area contributed by atoms with Crippen molar-refractivity contribution in [3.05, 3.63) is 87.2 Å². The predicted octanol–water partition coefficient (Wildman–Crippen LogP) is 5.21. The van der Waals surface area contributed by atoms with Gasteiger partial charge in [-0.05, 0) is 108 Å². The van der Waals surface area contributed by atoms with Gasteiger partial charge in [-0.2, -0.15) is 5.10 Å². The first kappa shape index (κ1) is 35.4. The number of ether oxygens (including phenoxy) is 2. The summed E-state index contributed by atoms with van der Waals surface area (Å²) in [6.07, 6.45) is 10.8. The van der Waals surface area contributed by atoms with Crippen molar-refractivity contribution in [3.63, 3.8) is 0 Å². The summed E-state index contributed by atoms with van der Waals surface area (Å²) in [4.78, 5) is 29.4. The van der Waals surface area contributed by atoms with Crippen LogP contribution in [0.5, 0.6) is 5.75 Å². The largest absolute Gasteiger partial charge is 0.491 e. The minimum atomic E-state index is -2.00. The molecule has 13 heteroatoms. The lowest BCUT2D eigenvalue weighted by atomic mass is 9.70. The molecule has 2 aromatic carbocycles. The molecule has 0 spiro atoms. The number of rotatable bonds is 3. The lowest BCUT2D eigenvalue weighted by Crippen LogP contribution is -2.75. The second kappa shape index (κ2) is 15.7. The van der Waals surface area contributed by atoms with E-state index in [4.69, 9.17) is 32.7 Å². The molecule has 1 aliphatic carbocycles. The van der Waals surface area contributed by atoms with Gasteiger partial charge in [0.05, 0.1) is 29.5 Å². The fraction of sp³-hybridized carbons (Fsp3) is 0.472. The van der Waals surface area contributed by atoms with E-state index in [1.807, 2.05) is 31.2 Å². The Kier molecular flexibility index (Phi) is 11.3. The first-order valence-electron chi connectivity index (χ1n) is 16.8. The van der Waals surface area contributed by atoms with Crippen LogP contribution < -0.4 is 19.3 Å². The number of halogens is 2. The van der Waals surface area contributed by atoms with Crippen LogP contribution in [0.25, 0.3) is 0 Å². The SMILES string of the molecule is COC1C=CCC(C)C(NC(=O)c2cn(C)nc2Cl)[S-](=O)=[NH+]C(=O)c2ccc3c(c2)N(Cc2ccc(Cl)cc2CCCCO3)CC2CCC21. The lowest BCUT2D eigenvalue weighted by Gasteiger charge is -2.43. The van der Waals surface area contributed by atoms with Gasteiger partial charge in [0.1, 0.15) is 5.75 Å². The van der Waals surface area contributed by atoms with Gasteiger partial charge in [-0.3, -0.25) is 13.8 Å². The third kappa shape index (κ3) is 8.17. The summed E-state index contributed by atoms with van der Waals surface area (Å²) in [6.45, 7) is 3.78. The topological polar surface area (TPSA) is 117 Å². The van der Waals surface area contributed by atoms with Gasteiger partial charge in [0.25, 0.3) is 5.91 Å². The van der Waals surface area contributed by atoms with Gasteiger partial charge in [-0.15, -0.1) is 0 Å². The van der Waals surface area contributed by atoms with Gasteiger partial charge in [0.15, 0.2) is 5.15 Å². The van der Waals surface area contributed by atoms with Crippen molar-refractivity contribution < 1.29 is 27.6 Å². The van der Waals surface area contributed by atoms with Crippen LogP contribution in [0.15, 0.2) is 54.7 Å². The van der Waals surface area contributed by atoms with E-state index < -0.39 is 27.8 Å². The zero-order chi connectivity index (χ0) is 34.7. The van der Waals surface area contributed by atoms with E-state index in [0.717, 1.165) is 44.3 Å². The fourth-order valence-electron chi connectivity index (χ4n) is 6.99. The predicted molar refractivity (Wildman–Crippen MR) is 190 cm³/mol. The van der Waals surface area contributed by atoms with Crippen LogP contribution in [-0.2, 0) is 39.6 Å². The van der Waals surface area contributed by atoms with Crippen LogP contribution in [0, 0.1) is 17.8 Å². The molecule has 3 aliphatic rings. The van der Waals surface area contributed by atoms with Crippen molar-refractivity contribution in [1.29, 1.82) is 0 Å². The highest BCUT2D eigenvalue weighted by Crippen LogP contribution is 2.42. The Balaban J connectivity index is 1.42. The van der Waals surface area contributed by atoms with E-state index in [0.29, 0.717) is 47.7 Å². The van der Waals surface area contributed by atoms with Gasteiger partial charge in [0.2, 0.25) is 0 Å². The van der Waals surface area contributed by atoms with Gasteiger partial charge in [-0.1, -0.05) is 48.3 Å². The summed E-state index contributed by atoms with van der Waals surface area (Å²) in [5.41, 5.74) is 3.69. The number of nitrogens with zero attached hydrogens (tertiary/aromatic N) is 3. The number of amides is 2. The third-order valence-corrected chi connectivity index (χ3v) is 11.8. The summed E-state index contributed by atoms with van der Waals surface area (Å²) in [6, 6.07) is 11.4. The average molecular weight is 729 g/mol. The summed E-state index contributed by atoms with van der Waals surface area (Å²) < 4.78 is 30.4. The van der Waals surface area contributed by atoms with Crippen LogP contribution in [0.4, 0.5) is 5.69 Å². The standard InChI is InChI=1S/C36H43Cl2N5O5S/c1-22-7-6-9-31(47-3)28-14-11-26(28)20-43-19-25-10-13-27(37)17-23(25)8-4-5-16-48-32-15-12-24(18-30(32)43)34(44)41-49(46)36(22)39-35(45)29-21-42(2)40-33(29)38/h6,9-10,12-13,15,17-18,21-22,26,28,31,36,41H,4-5,7-8,11,14,16,19-20H2,1-3H3,(H,39,45). The lowest BCUT2D eigenvalue weighted by molar-refractivity contribution is -0.317. The van der Waals surface area contributed by atoms with Gasteiger partial charge in [-0.25, -0.2) is 4.79 Å². The van der Waals surface area contributed by atoms with E-state index in [2.05, 4.69) is 37.9 Å². The molecule has 3 heterocycles. The Morgan fingerprint density at radius 1 is 1.14 bits per heavy atom. The van der Waals surface area contributed by atoms with Crippen LogP contribution >= 0.6 is 23.2 Å². The van der Waals surface area contributed by atoms with E-state index in [-0.39, 0.29) is 22.7 Å². The number of carbonyl (C=O) groups excluding carboxylic acids is 2. The van der Waals surface area contributed by atoms with Crippen molar-refractivity contribution in [2.24, 2.45) is 24.8 Å². The molecule has 1 saturated carbocycles. The fourth-order valence-corrected chi connectivity index (χ4v) is 8.61. The maximum absolute atomic E-state index is 13.9. The molecule has 0 radical (unpaired) electrons. The number of aryl methyl sites for hydroxylation is 2. The quantitative estimate of drug-likeness (QED) is 0.281. The molecule has 6 rings (SSSR count). The highest BCUT2D eigenvalue weighted by Gasteiger charge is 2.38. The molecule has 5 unspecified atom stereocenters. The van der Waals surface area contributed by atoms with Crippen LogP contribution in [0.3, 0.4) is 0 Å². The number of benzene rings is 2. The Labute approximate surface area is 299 Å². The maximum Gasteiger partial charge on any atom is 0.398 e. The number of aromatic nitrogens is 2. The molecular weight excluding hydrogens is 685 g/mol. The highest BCUT2D eigenvalue weighted by atomic mass is 35.5. The molecule has 49 heavy (non-hydrogen) atoms. The Morgan fingerprint density at radius 2 is 1.98 bits per heavy atom. The van der Waals surface area contributed by atoms with Gasteiger partial charge in [0, 0.05) is 43.8 Å². The Morgan fingerprint density at radius 3 is 2.71 bits per heavy atom. The summed E-state index contributed by atoms with van der Waals surface area (Å²) in [5, 5.41) is 6.73. The van der Waals surface area contributed by atoms with Crippen molar-refractivity contribution in [1.82, 2.24) is 15.1 Å². The molecule has 2 N–H and O–H groups in total. The minimum absolute atomic E-state index is 0.0361. The van der Waals surface area contributed by atoms with Crippen molar-refractivity contribution in [3.8, 4) is 5.75 Å². The van der Waals surface area contributed by atoms with E-state index >= 15 is 0 Å². The number of hydrogen-bond acceptors (Lipinski definition) is 8. The summed E-state index contributed by atoms with van der Waals surface area (Å²) in [5.74, 6) is -0.0273. The first-order chi connectivity index (χ1) is 23.6. The molecule has 1 fully saturated rings. The number of fused-ring (bicyclic) bond motifs is 3. The van der Waals surface area contributed by atoms with Crippen molar-refractivity contribution in [2.75, 3.05) is 25.2 Å². The second-order valence-corrected chi connectivity index (χ2v) is 15.4. The molecule has 10 nitrogen and oxygen atoms in total. The molecule has 1 aromatic heterocycles. The molecule has 2 bridgehead atoms. The maximum atomic E-state index is 13.9. The van der Waals surface area contributed by atoms with E-state index in [9.17, 15) is 13.8 Å². The zero-order valence-corrected chi connectivity index (χ0v) is 30.3. The van der Waals surface area contributed by atoms with Crippen molar-refractivity contribution in [2.45, 2.75) is 63.5 Å². The normalized spacial score (nSPS) is 25.1. The van der Waals surface area contributed by atoms with Crippen molar-refractivity contribution >= 4 is 51.3 Å². The molecule has 262 valence electrons. The number of carbonyl (C=O) groups is 2. The first-order valence-corrected chi connectivity index (χ1v) is 18.8. The molecule has 5 atom stereocenters. The molecule has 3 aromatic rings. The third-order valence-electron chi connectivity index (χ3n) is 9.89.